The normalized spacial score (nSPS) is 15.8. The van der Waals surface area contributed by atoms with E-state index in [0.29, 0.717) is 27.7 Å². The monoisotopic (exact) mass is 527 g/mol. The highest BCUT2D eigenvalue weighted by atomic mass is 32.2. The Labute approximate surface area is 226 Å². The number of carbonyl (C=O) groups is 3. The summed E-state index contributed by atoms with van der Waals surface area (Å²) in [5.74, 6) is -0.0619. The van der Waals surface area contributed by atoms with Crippen molar-refractivity contribution in [1.82, 2.24) is 0 Å². The predicted octanol–water partition coefficient (Wildman–Crippen LogP) is 6.12. The quantitative estimate of drug-likeness (QED) is 0.343. The van der Waals surface area contributed by atoms with E-state index in [1.54, 1.807) is 31.4 Å². The van der Waals surface area contributed by atoms with Gasteiger partial charge in [0.25, 0.3) is 11.8 Å². The van der Waals surface area contributed by atoms with Crippen molar-refractivity contribution in [3.8, 4) is 5.75 Å². The molecule has 1 aliphatic heterocycles. The molecule has 1 saturated carbocycles. The second-order valence-corrected chi connectivity index (χ2v) is 10.5. The maximum absolute atomic E-state index is 13.6. The molecule has 0 spiro atoms. The number of imide groups is 1. The maximum atomic E-state index is 13.6. The lowest BCUT2D eigenvalue weighted by molar-refractivity contribution is -0.121. The van der Waals surface area contributed by atoms with Gasteiger partial charge in [-0.25, -0.2) is 4.90 Å². The van der Waals surface area contributed by atoms with E-state index in [2.05, 4.69) is 10.6 Å². The van der Waals surface area contributed by atoms with Gasteiger partial charge in [-0.3, -0.25) is 14.4 Å². The van der Waals surface area contributed by atoms with Crippen molar-refractivity contribution in [2.24, 2.45) is 5.92 Å². The first-order chi connectivity index (χ1) is 18.4. The third-order valence-corrected chi connectivity index (χ3v) is 7.85. The Bertz CT molecular complexity index is 1380. The number of nitrogens with zero attached hydrogens (tertiary/aromatic N) is 1. The van der Waals surface area contributed by atoms with E-state index in [9.17, 15) is 14.4 Å². The highest BCUT2D eigenvalue weighted by Crippen LogP contribution is 2.38. The third kappa shape index (κ3) is 5.45. The zero-order valence-electron chi connectivity index (χ0n) is 21.3. The molecular weight excluding hydrogens is 498 g/mol. The number of methoxy groups -OCH3 is 1. The van der Waals surface area contributed by atoms with Gasteiger partial charge in [-0.15, -0.1) is 0 Å². The maximum Gasteiger partial charge on any atom is 0.283 e. The van der Waals surface area contributed by atoms with E-state index < -0.39 is 11.8 Å². The Kier molecular flexibility index (Phi) is 7.51. The molecule has 1 aliphatic carbocycles. The molecule has 194 valence electrons. The lowest BCUT2D eigenvalue weighted by Crippen LogP contribution is -2.32. The Hall–Kier alpha value is -4.04. The summed E-state index contributed by atoms with van der Waals surface area (Å²) >= 11 is 1.22. The van der Waals surface area contributed by atoms with Crippen molar-refractivity contribution in [3.05, 3.63) is 89.0 Å². The SMILES string of the molecule is COc1ccc(N2C(=O)C(Nc3ccc(C)cc3)=C(Sc3ccc(NC(=O)C4CCCC4)cc3)C2=O)cc1. The fourth-order valence-electron chi connectivity index (χ4n) is 4.62. The molecule has 0 aromatic heterocycles. The van der Waals surface area contributed by atoms with Crippen LogP contribution in [0.2, 0.25) is 0 Å². The van der Waals surface area contributed by atoms with Gasteiger partial charge in [-0.2, -0.15) is 0 Å². The van der Waals surface area contributed by atoms with Crippen LogP contribution in [0.3, 0.4) is 0 Å². The summed E-state index contributed by atoms with van der Waals surface area (Å²) in [6.07, 6.45) is 4.07. The molecule has 0 saturated heterocycles. The van der Waals surface area contributed by atoms with E-state index in [1.165, 1.54) is 16.7 Å². The second kappa shape index (κ2) is 11.1. The standard InChI is InChI=1S/C30H29N3O4S/c1-19-7-9-21(10-8-19)31-26-27(30(36)33(29(26)35)23-13-15-24(37-2)16-14-23)38-25-17-11-22(12-18-25)32-28(34)20-5-3-4-6-20/h7-18,20,31H,3-6H2,1-2H3,(H,32,34). The van der Waals surface area contributed by atoms with Crippen molar-refractivity contribution in [1.29, 1.82) is 0 Å². The molecule has 7 nitrogen and oxygen atoms in total. The molecule has 0 bridgehead atoms. The molecule has 8 heteroatoms. The van der Waals surface area contributed by atoms with Gasteiger partial charge in [0.15, 0.2) is 0 Å². The molecule has 3 aromatic rings. The van der Waals surface area contributed by atoms with Gasteiger partial charge in [0, 0.05) is 22.2 Å². The Morgan fingerprint density at radius 2 is 1.50 bits per heavy atom. The number of ether oxygens (including phenoxy) is 1. The Morgan fingerprint density at radius 1 is 0.868 bits per heavy atom. The molecule has 1 heterocycles. The first-order valence-electron chi connectivity index (χ1n) is 12.6. The summed E-state index contributed by atoms with van der Waals surface area (Å²) in [6.45, 7) is 1.99. The van der Waals surface area contributed by atoms with Crippen LogP contribution in [0.15, 0.2) is 88.3 Å². The molecule has 0 atom stereocenters. The number of rotatable bonds is 8. The number of carbonyl (C=O) groups excluding carboxylic acids is 3. The van der Waals surface area contributed by atoms with E-state index in [4.69, 9.17) is 4.74 Å². The molecular formula is C30H29N3O4S. The van der Waals surface area contributed by atoms with Crippen molar-refractivity contribution in [3.63, 3.8) is 0 Å². The van der Waals surface area contributed by atoms with Gasteiger partial charge in [-0.05, 0) is 80.4 Å². The van der Waals surface area contributed by atoms with E-state index in [0.717, 1.165) is 36.1 Å². The van der Waals surface area contributed by atoms with Crippen LogP contribution in [-0.4, -0.2) is 24.8 Å². The number of anilines is 3. The topological polar surface area (TPSA) is 87.7 Å². The van der Waals surface area contributed by atoms with Crippen LogP contribution in [0.4, 0.5) is 17.1 Å². The van der Waals surface area contributed by atoms with Crippen molar-refractivity contribution in [2.45, 2.75) is 37.5 Å². The van der Waals surface area contributed by atoms with Crippen LogP contribution >= 0.6 is 11.8 Å². The smallest absolute Gasteiger partial charge is 0.283 e. The minimum absolute atomic E-state index is 0.0573. The first kappa shape index (κ1) is 25.6. The van der Waals surface area contributed by atoms with Gasteiger partial charge >= 0.3 is 0 Å². The number of hydrogen-bond acceptors (Lipinski definition) is 6. The first-order valence-corrected chi connectivity index (χ1v) is 13.4. The molecule has 2 aliphatic rings. The van der Waals surface area contributed by atoms with Crippen LogP contribution < -0.4 is 20.3 Å². The summed E-state index contributed by atoms with van der Waals surface area (Å²) < 4.78 is 5.22. The number of thioether (sulfide) groups is 1. The lowest BCUT2D eigenvalue weighted by Gasteiger charge is -2.15. The van der Waals surface area contributed by atoms with Gasteiger partial charge in [-0.1, -0.05) is 42.3 Å². The van der Waals surface area contributed by atoms with Crippen LogP contribution in [0.5, 0.6) is 5.75 Å². The number of nitrogens with one attached hydrogen (secondary N) is 2. The summed E-state index contributed by atoms with van der Waals surface area (Å²) in [6, 6.07) is 21.8. The van der Waals surface area contributed by atoms with Crippen LogP contribution in [0, 0.1) is 12.8 Å². The van der Waals surface area contributed by atoms with Gasteiger partial charge in [0.2, 0.25) is 5.91 Å². The van der Waals surface area contributed by atoms with Crippen LogP contribution in [0.1, 0.15) is 31.2 Å². The largest absolute Gasteiger partial charge is 0.497 e. The number of amides is 3. The average molecular weight is 528 g/mol. The van der Waals surface area contributed by atoms with E-state index in [1.807, 2.05) is 55.5 Å². The third-order valence-electron chi connectivity index (χ3n) is 6.76. The van der Waals surface area contributed by atoms with Gasteiger partial charge in [0.1, 0.15) is 16.4 Å². The fraction of sp³-hybridized carbons (Fsp3) is 0.233. The number of benzene rings is 3. The number of hydrogen-bond donors (Lipinski definition) is 2. The highest BCUT2D eigenvalue weighted by Gasteiger charge is 2.40. The fourth-order valence-corrected chi connectivity index (χ4v) is 5.54. The lowest BCUT2D eigenvalue weighted by atomic mass is 10.1. The molecule has 3 amide bonds. The van der Waals surface area contributed by atoms with E-state index in [-0.39, 0.29) is 17.5 Å². The molecule has 5 rings (SSSR count). The Balaban J connectivity index is 1.40. The Morgan fingerprint density at radius 3 is 2.13 bits per heavy atom. The molecule has 0 radical (unpaired) electrons. The molecule has 38 heavy (non-hydrogen) atoms. The second-order valence-electron chi connectivity index (χ2n) is 9.44. The van der Waals surface area contributed by atoms with Gasteiger partial charge in [0.05, 0.1) is 12.8 Å². The molecule has 1 fully saturated rings. The minimum Gasteiger partial charge on any atom is -0.497 e. The molecule has 3 aromatic carbocycles. The van der Waals surface area contributed by atoms with Crippen molar-refractivity contribution in [2.75, 3.05) is 22.6 Å². The van der Waals surface area contributed by atoms with E-state index >= 15 is 0 Å². The van der Waals surface area contributed by atoms with Gasteiger partial charge < -0.3 is 15.4 Å². The van der Waals surface area contributed by atoms with Crippen molar-refractivity contribution >= 4 is 46.5 Å². The summed E-state index contributed by atoms with van der Waals surface area (Å²) in [5, 5.41) is 6.17. The molecule has 2 N–H and O–H groups in total. The minimum atomic E-state index is -0.427. The highest BCUT2D eigenvalue weighted by molar-refractivity contribution is 8.04. The summed E-state index contributed by atoms with van der Waals surface area (Å²) in [7, 11) is 1.56. The van der Waals surface area contributed by atoms with Crippen LogP contribution in [-0.2, 0) is 14.4 Å². The average Bonchev–Trinajstić information content (AvgIpc) is 3.55. The number of aryl methyl sites for hydroxylation is 1. The predicted molar refractivity (Wildman–Crippen MR) is 150 cm³/mol. The summed E-state index contributed by atoms with van der Waals surface area (Å²) in [5.41, 5.74) is 3.20. The summed E-state index contributed by atoms with van der Waals surface area (Å²) in [4.78, 5) is 41.9. The molecule has 0 unspecified atom stereocenters. The zero-order valence-corrected chi connectivity index (χ0v) is 22.1. The van der Waals surface area contributed by atoms with Crippen LogP contribution in [0.25, 0.3) is 0 Å². The van der Waals surface area contributed by atoms with Crippen molar-refractivity contribution < 1.29 is 19.1 Å². The zero-order chi connectivity index (χ0) is 26.6.